The van der Waals surface area contributed by atoms with Gasteiger partial charge in [0.2, 0.25) is 5.88 Å². The summed E-state index contributed by atoms with van der Waals surface area (Å²) in [5.74, 6) is 0.780. The Hall–Kier alpha value is -2.54. The van der Waals surface area contributed by atoms with Crippen LogP contribution in [0.3, 0.4) is 0 Å². The van der Waals surface area contributed by atoms with Crippen molar-refractivity contribution < 1.29 is 17.9 Å². The first-order valence-corrected chi connectivity index (χ1v) is 9.62. The number of nitrogens with zero attached hydrogens (tertiary/aromatic N) is 2. The molecule has 1 heterocycles. The van der Waals surface area contributed by atoms with Gasteiger partial charge in [0.15, 0.2) is 0 Å². The van der Waals surface area contributed by atoms with Crippen molar-refractivity contribution in [2.24, 2.45) is 5.73 Å². The van der Waals surface area contributed by atoms with Gasteiger partial charge in [0.25, 0.3) is 0 Å². The van der Waals surface area contributed by atoms with E-state index in [0.29, 0.717) is 24.6 Å². The van der Waals surface area contributed by atoms with Gasteiger partial charge in [-0.05, 0) is 63.5 Å². The average Bonchev–Trinajstić information content (AvgIpc) is 3.03. The highest BCUT2D eigenvalue weighted by Gasteiger charge is 2.30. The Bertz CT molecular complexity index is 857. The number of aromatic nitrogens is 2. The molecule has 1 aromatic carbocycles. The summed E-state index contributed by atoms with van der Waals surface area (Å²) in [5, 5.41) is 4.59. The molecule has 0 fully saturated rings. The Morgan fingerprint density at radius 3 is 2.34 bits per heavy atom. The van der Waals surface area contributed by atoms with E-state index < -0.39 is 11.7 Å². The van der Waals surface area contributed by atoms with Crippen molar-refractivity contribution in [2.45, 2.75) is 58.8 Å². The minimum Gasteiger partial charge on any atom is -0.439 e. The molecule has 0 aliphatic rings. The maximum absolute atomic E-state index is 12.7. The van der Waals surface area contributed by atoms with Gasteiger partial charge in [-0.3, -0.25) is 0 Å². The van der Waals surface area contributed by atoms with Gasteiger partial charge in [0.1, 0.15) is 5.75 Å². The largest absolute Gasteiger partial charge is 0.439 e. The van der Waals surface area contributed by atoms with E-state index in [4.69, 9.17) is 10.5 Å². The number of hydrogen-bond acceptors (Lipinski definition) is 3. The minimum atomic E-state index is -4.38. The van der Waals surface area contributed by atoms with E-state index in [1.165, 1.54) is 12.1 Å². The normalized spacial score (nSPS) is 13.3. The zero-order valence-corrected chi connectivity index (χ0v) is 17.3. The summed E-state index contributed by atoms with van der Waals surface area (Å²) in [6.07, 6.45) is 3.25. The van der Waals surface area contributed by atoms with Gasteiger partial charge in [-0.25, -0.2) is 4.68 Å². The predicted molar refractivity (Wildman–Crippen MR) is 110 cm³/mol. The molecule has 2 N–H and O–H groups in total. The van der Waals surface area contributed by atoms with Crippen molar-refractivity contribution in [2.75, 3.05) is 0 Å². The number of halogens is 3. The molecule has 0 amide bonds. The predicted octanol–water partition coefficient (Wildman–Crippen LogP) is 6.19. The fourth-order valence-corrected chi connectivity index (χ4v) is 2.56. The molecular weight excluding hydrogens is 379 g/mol. The molecule has 0 aliphatic heterocycles. The topological polar surface area (TPSA) is 53.1 Å². The molecule has 0 spiro atoms. The first-order valence-electron chi connectivity index (χ1n) is 9.62. The van der Waals surface area contributed by atoms with Crippen LogP contribution < -0.4 is 10.5 Å². The number of aryl methyl sites for hydroxylation is 1. The number of alkyl halides is 3. The lowest BCUT2D eigenvalue weighted by molar-refractivity contribution is -0.137. The lowest BCUT2D eigenvalue weighted by atomic mass is 9.99. The van der Waals surface area contributed by atoms with E-state index in [1.807, 2.05) is 45.9 Å². The Morgan fingerprint density at radius 1 is 1.17 bits per heavy atom. The number of ether oxygens (including phenoxy) is 1. The Balaban J connectivity index is 2.31. The summed E-state index contributed by atoms with van der Waals surface area (Å²) >= 11 is 0. The molecule has 0 unspecified atom stereocenters. The quantitative estimate of drug-likeness (QED) is 0.531. The summed E-state index contributed by atoms with van der Waals surface area (Å²) < 4.78 is 45.7. The second-order valence-electron chi connectivity index (χ2n) is 7.47. The second-order valence-corrected chi connectivity index (χ2v) is 7.47. The summed E-state index contributed by atoms with van der Waals surface area (Å²) in [6.45, 7) is 8.43. The molecule has 4 nitrogen and oxygen atoms in total. The van der Waals surface area contributed by atoms with Crippen molar-refractivity contribution >= 4 is 5.57 Å². The van der Waals surface area contributed by atoms with Crippen LogP contribution in [0.2, 0.25) is 0 Å². The van der Waals surface area contributed by atoms with Gasteiger partial charge in [0, 0.05) is 18.2 Å². The lowest BCUT2D eigenvalue weighted by Crippen LogP contribution is -2.30. The number of nitrogens with two attached hydrogens (primary N) is 1. The summed E-state index contributed by atoms with van der Waals surface area (Å²) in [5.41, 5.74) is 6.69. The molecule has 29 heavy (non-hydrogen) atoms. The first kappa shape index (κ1) is 22.7. The third kappa shape index (κ3) is 6.78. The molecule has 0 atom stereocenters. The summed E-state index contributed by atoms with van der Waals surface area (Å²) in [4.78, 5) is 0. The molecule has 2 aromatic rings. The molecule has 7 heteroatoms. The van der Waals surface area contributed by atoms with E-state index in [2.05, 4.69) is 5.10 Å². The van der Waals surface area contributed by atoms with Crippen LogP contribution in [0.4, 0.5) is 13.2 Å². The highest BCUT2D eigenvalue weighted by molar-refractivity contribution is 5.72. The van der Waals surface area contributed by atoms with Crippen molar-refractivity contribution in [3.8, 4) is 11.6 Å². The van der Waals surface area contributed by atoms with Crippen LogP contribution in [0, 0.1) is 0 Å². The molecule has 158 valence electrons. The van der Waals surface area contributed by atoms with Crippen molar-refractivity contribution in [1.82, 2.24) is 9.78 Å². The van der Waals surface area contributed by atoms with Gasteiger partial charge in [-0.2, -0.15) is 18.3 Å². The summed E-state index contributed by atoms with van der Waals surface area (Å²) in [6, 6.07) is 6.40. The maximum Gasteiger partial charge on any atom is 0.416 e. The van der Waals surface area contributed by atoms with E-state index in [-0.39, 0.29) is 5.54 Å². The van der Waals surface area contributed by atoms with Crippen molar-refractivity contribution in [3.05, 3.63) is 59.8 Å². The average molecular weight is 407 g/mol. The van der Waals surface area contributed by atoms with Crippen LogP contribution in [-0.4, -0.2) is 15.3 Å². The van der Waals surface area contributed by atoms with E-state index in [0.717, 1.165) is 29.8 Å². The van der Waals surface area contributed by atoms with Crippen LogP contribution in [0.25, 0.3) is 5.57 Å². The molecular formula is C22H28F3N3O. The Kier molecular flexibility index (Phi) is 7.30. The van der Waals surface area contributed by atoms with Crippen LogP contribution in [0.15, 0.2) is 48.6 Å². The van der Waals surface area contributed by atoms with Gasteiger partial charge >= 0.3 is 6.18 Å². The number of hydrogen-bond donors (Lipinski definition) is 1. The third-order valence-electron chi connectivity index (χ3n) is 4.12. The van der Waals surface area contributed by atoms with Crippen molar-refractivity contribution in [3.63, 3.8) is 0 Å². The number of rotatable bonds is 8. The zero-order valence-electron chi connectivity index (χ0n) is 17.3. The van der Waals surface area contributed by atoms with E-state index in [9.17, 15) is 13.2 Å². The highest BCUT2D eigenvalue weighted by atomic mass is 19.4. The van der Waals surface area contributed by atoms with E-state index >= 15 is 0 Å². The van der Waals surface area contributed by atoms with Crippen LogP contribution in [-0.2, 0) is 12.7 Å². The lowest BCUT2D eigenvalue weighted by Gasteiger charge is -2.15. The monoisotopic (exact) mass is 407 g/mol. The van der Waals surface area contributed by atoms with Gasteiger partial charge < -0.3 is 10.5 Å². The van der Waals surface area contributed by atoms with Gasteiger partial charge in [0.05, 0.1) is 11.3 Å². The van der Waals surface area contributed by atoms with Gasteiger partial charge in [-0.15, -0.1) is 0 Å². The maximum atomic E-state index is 12.7. The standard InChI is InChI=1S/C22H28F3N3O/c1-5-7-8-16(13-14-21(3,4)26)19-15-20(28(6-2)27-19)29-18-11-9-17(10-12-18)22(23,24)25/h7-13,15H,5-6,14,26H2,1-4H3/b8-7-,16-13+. The fourth-order valence-electron chi connectivity index (χ4n) is 2.56. The smallest absolute Gasteiger partial charge is 0.416 e. The first-order chi connectivity index (χ1) is 13.5. The van der Waals surface area contributed by atoms with Crippen LogP contribution in [0.5, 0.6) is 11.6 Å². The molecule has 1 aromatic heterocycles. The Labute approximate surface area is 169 Å². The molecule has 0 bridgehead atoms. The minimum absolute atomic E-state index is 0.317. The molecule has 0 saturated heterocycles. The Morgan fingerprint density at radius 2 is 1.83 bits per heavy atom. The number of benzene rings is 1. The molecule has 0 saturated carbocycles. The molecule has 0 aliphatic carbocycles. The highest BCUT2D eigenvalue weighted by Crippen LogP contribution is 2.32. The molecule has 2 rings (SSSR count). The van der Waals surface area contributed by atoms with Crippen LogP contribution in [0.1, 0.15) is 51.8 Å². The third-order valence-corrected chi connectivity index (χ3v) is 4.12. The van der Waals surface area contributed by atoms with Gasteiger partial charge in [-0.1, -0.05) is 25.2 Å². The second kappa shape index (κ2) is 9.31. The van der Waals surface area contributed by atoms with E-state index in [1.54, 1.807) is 10.7 Å². The van der Waals surface area contributed by atoms with Crippen LogP contribution >= 0.6 is 0 Å². The fraction of sp³-hybridized carbons (Fsp3) is 0.409. The summed E-state index contributed by atoms with van der Waals surface area (Å²) in [7, 11) is 0. The molecule has 0 radical (unpaired) electrons. The SMILES string of the molecule is CC/C=C\C(=C/CC(C)(C)N)c1cc(Oc2ccc(C(F)(F)F)cc2)n(CC)n1. The van der Waals surface area contributed by atoms with Crippen molar-refractivity contribution in [1.29, 1.82) is 0 Å². The number of allylic oxidation sites excluding steroid dienone is 3. The zero-order chi connectivity index (χ0) is 21.7.